The van der Waals surface area contributed by atoms with Crippen LogP contribution >= 0.6 is 0 Å². The summed E-state index contributed by atoms with van der Waals surface area (Å²) in [7, 11) is 0. The van der Waals surface area contributed by atoms with Crippen molar-refractivity contribution in [1.82, 2.24) is 5.32 Å². The summed E-state index contributed by atoms with van der Waals surface area (Å²) in [6, 6.07) is 9.47. The predicted molar refractivity (Wildman–Crippen MR) is 79.7 cm³/mol. The zero-order chi connectivity index (χ0) is 14.6. The SMILES string of the molecule is CCCC(CCO)CNC(=O)CCOc1ccccc1. The molecule has 20 heavy (non-hydrogen) atoms. The van der Waals surface area contributed by atoms with Crippen LogP contribution in [0, 0.1) is 5.92 Å². The summed E-state index contributed by atoms with van der Waals surface area (Å²) in [6.45, 7) is 3.31. The van der Waals surface area contributed by atoms with E-state index in [-0.39, 0.29) is 12.5 Å². The van der Waals surface area contributed by atoms with Crippen LogP contribution in [-0.2, 0) is 4.79 Å². The molecule has 2 N–H and O–H groups in total. The number of rotatable bonds is 10. The molecule has 4 nitrogen and oxygen atoms in total. The van der Waals surface area contributed by atoms with Gasteiger partial charge in [0, 0.05) is 13.2 Å². The minimum Gasteiger partial charge on any atom is -0.493 e. The van der Waals surface area contributed by atoms with Crippen LogP contribution in [0.4, 0.5) is 0 Å². The van der Waals surface area contributed by atoms with Crippen molar-refractivity contribution < 1.29 is 14.6 Å². The first-order valence-electron chi connectivity index (χ1n) is 7.31. The van der Waals surface area contributed by atoms with Crippen molar-refractivity contribution in [1.29, 1.82) is 0 Å². The number of para-hydroxylation sites is 1. The Bertz CT molecular complexity index is 361. The van der Waals surface area contributed by atoms with Crippen molar-refractivity contribution in [2.45, 2.75) is 32.6 Å². The summed E-state index contributed by atoms with van der Waals surface area (Å²) in [6.07, 6.45) is 3.19. The fraction of sp³-hybridized carbons (Fsp3) is 0.562. The predicted octanol–water partition coefficient (Wildman–Crippen LogP) is 2.37. The average Bonchev–Trinajstić information content (AvgIpc) is 2.46. The number of hydrogen-bond acceptors (Lipinski definition) is 3. The second kappa shape index (κ2) is 10.3. The van der Waals surface area contributed by atoms with Gasteiger partial charge in [0.25, 0.3) is 0 Å². The lowest BCUT2D eigenvalue weighted by Crippen LogP contribution is -2.30. The Morgan fingerprint density at radius 1 is 1.30 bits per heavy atom. The third-order valence-electron chi connectivity index (χ3n) is 3.16. The number of carbonyl (C=O) groups excluding carboxylic acids is 1. The average molecular weight is 279 g/mol. The summed E-state index contributed by atoms with van der Waals surface area (Å²) < 4.78 is 5.48. The molecule has 0 aliphatic rings. The maximum absolute atomic E-state index is 11.7. The van der Waals surface area contributed by atoms with Crippen LogP contribution in [-0.4, -0.2) is 30.8 Å². The van der Waals surface area contributed by atoms with Gasteiger partial charge in [0.05, 0.1) is 13.0 Å². The number of hydrogen-bond donors (Lipinski definition) is 2. The normalized spacial score (nSPS) is 11.9. The van der Waals surface area contributed by atoms with E-state index in [1.165, 1.54) is 0 Å². The standard InChI is InChI=1S/C16H25NO3/c1-2-6-14(9-11-18)13-17-16(19)10-12-20-15-7-4-3-5-8-15/h3-5,7-8,14,18H,2,6,9-13H2,1H3,(H,17,19). The van der Waals surface area contributed by atoms with Gasteiger partial charge in [-0.1, -0.05) is 31.5 Å². The molecule has 4 heteroatoms. The molecule has 1 amide bonds. The number of ether oxygens (including phenoxy) is 1. The summed E-state index contributed by atoms with van der Waals surface area (Å²) in [4.78, 5) is 11.7. The molecule has 0 aromatic heterocycles. The van der Waals surface area contributed by atoms with Gasteiger partial charge in [0.1, 0.15) is 5.75 Å². The maximum Gasteiger partial charge on any atom is 0.223 e. The third kappa shape index (κ3) is 7.14. The highest BCUT2D eigenvalue weighted by Gasteiger charge is 2.09. The van der Waals surface area contributed by atoms with Gasteiger partial charge in [-0.25, -0.2) is 0 Å². The lowest BCUT2D eigenvalue weighted by molar-refractivity contribution is -0.121. The Hall–Kier alpha value is -1.55. The molecule has 0 radical (unpaired) electrons. The largest absolute Gasteiger partial charge is 0.493 e. The van der Waals surface area contributed by atoms with Gasteiger partial charge in [-0.15, -0.1) is 0 Å². The van der Waals surface area contributed by atoms with Crippen molar-refractivity contribution in [3.05, 3.63) is 30.3 Å². The van der Waals surface area contributed by atoms with E-state index in [2.05, 4.69) is 12.2 Å². The minimum atomic E-state index is -0.0000241. The second-order valence-electron chi connectivity index (χ2n) is 4.88. The molecule has 0 fully saturated rings. The zero-order valence-electron chi connectivity index (χ0n) is 12.2. The number of aliphatic hydroxyl groups excluding tert-OH is 1. The molecule has 1 atom stereocenters. The quantitative estimate of drug-likeness (QED) is 0.691. The number of amides is 1. The van der Waals surface area contributed by atoms with Gasteiger partial charge >= 0.3 is 0 Å². The highest BCUT2D eigenvalue weighted by Crippen LogP contribution is 2.10. The van der Waals surface area contributed by atoms with Crippen LogP contribution in [0.15, 0.2) is 30.3 Å². The van der Waals surface area contributed by atoms with Crippen molar-refractivity contribution in [3.63, 3.8) is 0 Å². The third-order valence-corrected chi connectivity index (χ3v) is 3.16. The van der Waals surface area contributed by atoms with Gasteiger partial charge in [-0.3, -0.25) is 4.79 Å². The van der Waals surface area contributed by atoms with E-state index in [4.69, 9.17) is 9.84 Å². The van der Waals surface area contributed by atoms with E-state index < -0.39 is 0 Å². The Morgan fingerprint density at radius 2 is 2.05 bits per heavy atom. The molecular weight excluding hydrogens is 254 g/mol. The fourth-order valence-corrected chi connectivity index (χ4v) is 2.06. The highest BCUT2D eigenvalue weighted by atomic mass is 16.5. The molecule has 0 spiro atoms. The first kappa shape index (κ1) is 16.5. The monoisotopic (exact) mass is 279 g/mol. The Balaban J connectivity index is 2.16. The minimum absolute atomic E-state index is 0.0000241. The molecular formula is C16H25NO3. The molecule has 1 aromatic carbocycles. The molecule has 1 rings (SSSR count). The number of carbonyl (C=O) groups is 1. The highest BCUT2D eigenvalue weighted by molar-refractivity contribution is 5.75. The van der Waals surface area contributed by atoms with Gasteiger partial charge in [-0.2, -0.15) is 0 Å². The van der Waals surface area contributed by atoms with Crippen molar-refractivity contribution in [2.24, 2.45) is 5.92 Å². The fourth-order valence-electron chi connectivity index (χ4n) is 2.06. The summed E-state index contributed by atoms with van der Waals surface area (Å²) in [5.41, 5.74) is 0. The van der Waals surface area contributed by atoms with Crippen LogP contribution < -0.4 is 10.1 Å². The van der Waals surface area contributed by atoms with E-state index in [9.17, 15) is 4.79 Å². The van der Waals surface area contributed by atoms with Crippen LogP contribution in [0.25, 0.3) is 0 Å². The van der Waals surface area contributed by atoms with Crippen molar-refractivity contribution >= 4 is 5.91 Å². The number of aliphatic hydroxyl groups is 1. The molecule has 1 aromatic rings. The lowest BCUT2D eigenvalue weighted by atomic mass is 10.0. The van der Waals surface area contributed by atoms with Crippen molar-refractivity contribution in [3.8, 4) is 5.75 Å². The molecule has 0 saturated heterocycles. The Labute approximate surface area is 121 Å². The molecule has 112 valence electrons. The van der Waals surface area contributed by atoms with Crippen LogP contribution in [0.3, 0.4) is 0 Å². The van der Waals surface area contributed by atoms with Crippen LogP contribution in [0.2, 0.25) is 0 Å². The van der Waals surface area contributed by atoms with Gasteiger partial charge in [0.2, 0.25) is 5.91 Å². The summed E-state index contributed by atoms with van der Waals surface area (Å²) >= 11 is 0. The zero-order valence-corrected chi connectivity index (χ0v) is 12.2. The molecule has 0 aliphatic heterocycles. The molecule has 0 saturated carbocycles. The molecule has 0 bridgehead atoms. The second-order valence-corrected chi connectivity index (χ2v) is 4.88. The summed E-state index contributed by atoms with van der Waals surface area (Å²) in [5.74, 6) is 1.15. The topological polar surface area (TPSA) is 58.6 Å². The van der Waals surface area contributed by atoms with E-state index in [0.717, 1.165) is 25.0 Å². The lowest BCUT2D eigenvalue weighted by Gasteiger charge is -2.15. The Morgan fingerprint density at radius 3 is 2.70 bits per heavy atom. The molecule has 0 aliphatic carbocycles. The van der Waals surface area contributed by atoms with Gasteiger partial charge < -0.3 is 15.2 Å². The van der Waals surface area contributed by atoms with E-state index >= 15 is 0 Å². The first-order chi connectivity index (χ1) is 9.76. The first-order valence-corrected chi connectivity index (χ1v) is 7.31. The van der Waals surface area contributed by atoms with E-state index in [0.29, 0.717) is 25.5 Å². The molecule has 1 unspecified atom stereocenters. The van der Waals surface area contributed by atoms with E-state index in [1.54, 1.807) is 0 Å². The van der Waals surface area contributed by atoms with Gasteiger partial charge in [0.15, 0.2) is 0 Å². The molecule has 0 heterocycles. The van der Waals surface area contributed by atoms with Crippen LogP contribution in [0.5, 0.6) is 5.75 Å². The maximum atomic E-state index is 11.7. The smallest absolute Gasteiger partial charge is 0.223 e. The van der Waals surface area contributed by atoms with Crippen molar-refractivity contribution in [2.75, 3.05) is 19.8 Å². The number of nitrogens with one attached hydrogen (secondary N) is 1. The van der Waals surface area contributed by atoms with E-state index in [1.807, 2.05) is 30.3 Å². The Kier molecular flexibility index (Phi) is 8.47. The van der Waals surface area contributed by atoms with Crippen LogP contribution in [0.1, 0.15) is 32.6 Å². The summed E-state index contributed by atoms with van der Waals surface area (Å²) in [5, 5.41) is 11.9. The van der Waals surface area contributed by atoms with Gasteiger partial charge in [-0.05, 0) is 30.9 Å². The number of benzene rings is 1.